The summed E-state index contributed by atoms with van der Waals surface area (Å²) in [7, 11) is 7.33. The molecule has 3 heteroatoms. The SMILES string of the molecule is [Cl][Sn]([c]1ccccc1)([c]1ccccc1)[c]1ccccc1.c1cc[c]([Bi]([c]2ccccc2)[c]2ccccc2)cc1. The third kappa shape index (κ3) is 6.90. The molecule has 0 saturated carbocycles. The van der Waals surface area contributed by atoms with Crippen LogP contribution in [0.25, 0.3) is 0 Å². The summed E-state index contributed by atoms with van der Waals surface area (Å²) in [5, 5.41) is 0. The molecule has 0 radical (unpaired) electrons. The average Bonchev–Trinajstić information content (AvgIpc) is 3.04. The van der Waals surface area contributed by atoms with Gasteiger partial charge < -0.3 is 0 Å². The standard InChI is InChI=1S/6C6H5.Bi.ClH.Sn/c6*1-2-4-6-5-3-1;;;/h6*1-5H;;1H;/q;;;;;;;;+1/p-1. The molecule has 0 aliphatic carbocycles. The molecular weight excluding hydrogens is 796 g/mol. The molecule has 0 aromatic heterocycles. The normalized spacial score (nSPS) is 10.9. The van der Waals surface area contributed by atoms with Crippen molar-refractivity contribution in [3.05, 3.63) is 182 Å². The Morgan fingerprint density at radius 3 is 0.744 bits per heavy atom. The summed E-state index contributed by atoms with van der Waals surface area (Å²) in [6.07, 6.45) is 0. The number of hydrogen-bond donors (Lipinski definition) is 0. The van der Waals surface area contributed by atoms with Crippen LogP contribution in [0.5, 0.6) is 0 Å². The minimum absolute atomic E-state index is 1.29. The molecule has 0 unspecified atom stereocenters. The van der Waals surface area contributed by atoms with Crippen LogP contribution < -0.4 is 20.6 Å². The first-order chi connectivity index (χ1) is 19.3. The fourth-order valence-corrected chi connectivity index (χ4v) is 24.6. The van der Waals surface area contributed by atoms with Crippen molar-refractivity contribution in [2.75, 3.05) is 0 Å². The molecule has 6 rings (SSSR count). The Balaban J connectivity index is 0.000000158. The van der Waals surface area contributed by atoms with Gasteiger partial charge in [0.25, 0.3) is 0 Å². The molecule has 39 heavy (non-hydrogen) atoms. The molecule has 0 amide bonds. The summed E-state index contributed by atoms with van der Waals surface area (Å²) in [6, 6.07) is 64.6. The second-order valence-electron chi connectivity index (χ2n) is 9.10. The van der Waals surface area contributed by atoms with Crippen molar-refractivity contribution < 1.29 is 0 Å². The first kappa shape index (κ1) is 27.8. The monoisotopic (exact) mass is 826 g/mol. The van der Waals surface area contributed by atoms with Crippen LogP contribution in [0.15, 0.2) is 182 Å². The second-order valence-corrected chi connectivity index (χ2v) is 30.2. The van der Waals surface area contributed by atoms with E-state index >= 15 is 0 Å². The van der Waals surface area contributed by atoms with Crippen molar-refractivity contribution in [2.24, 2.45) is 0 Å². The van der Waals surface area contributed by atoms with Crippen LogP contribution in [0, 0.1) is 0 Å². The van der Waals surface area contributed by atoms with Crippen molar-refractivity contribution in [3.8, 4) is 0 Å². The molecule has 0 fully saturated rings. The number of benzene rings is 6. The zero-order valence-electron chi connectivity index (χ0n) is 21.6. The van der Waals surface area contributed by atoms with Gasteiger partial charge in [-0.25, -0.2) is 0 Å². The summed E-state index contributed by atoms with van der Waals surface area (Å²) in [5.41, 5.74) is 0. The zero-order chi connectivity index (χ0) is 26.8. The third-order valence-electron chi connectivity index (χ3n) is 6.56. The minimum atomic E-state index is -3.30. The Bertz CT molecular complexity index is 1340. The van der Waals surface area contributed by atoms with Crippen molar-refractivity contribution in [1.82, 2.24) is 0 Å². The van der Waals surface area contributed by atoms with Gasteiger partial charge in [-0.05, 0) is 0 Å². The molecule has 0 nitrogen and oxygen atoms in total. The van der Waals surface area contributed by atoms with Gasteiger partial charge in [-0.15, -0.1) is 0 Å². The van der Waals surface area contributed by atoms with E-state index in [9.17, 15) is 0 Å². The van der Waals surface area contributed by atoms with E-state index in [2.05, 4.69) is 164 Å². The van der Waals surface area contributed by atoms with E-state index in [1.165, 1.54) is 20.6 Å². The number of rotatable bonds is 6. The zero-order valence-corrected chi connectivity index (χ0v) is 28.7. The van der Waals surface area contributed by atoms with Gasteiger partial charge in [0.2, 0.25) is 0 Å². The summed E-state index contributed by atoms with van der Waals surface area (Å²) >= 11 is -5.37. The molecular formula is C36H30BiClSn. The van der Waals surface area contributed by atoms with E-state index in [-0.39, 0.29) is 0 Å². The van der Waals surface area contributed by atoms with Crippen LogP contribution in [-0.2, 0) is 0 Å². The Labute approximate surface area is 248 Å². The second kappa shape index (κ2) is 14.1. The van der Waals surface area contributed by atoms with E-state index in [0.717, 1.165) is 0 Å². The molecule has 0 heterocycles. The average molecular weight is 826 g/mol. The molecule has 6 aromatic carbocycles. The fraction of sp³-hybridized carbons (Fsp3) is 0. The molecule has 0 bridgehead atoms. The van der Waals surface area contributed by atoms with E-state index in [4.69, 9.17) is 8.92 Å². The van der Waals surface area contributed by atoms with Crippen LogP contribution >= 0.6 is 8.92 Å². The van der Waals surface area contributed by atoms with Crippen molar-refractivity contribution in [3.63, 3.8) is 0 Å². The molecule has 0 N–H and O–H groups in total. The quantitative estimate of drug-likeness (QED) is 0.206. The molecule has 6 aromatic rings. The van der Waals surface area contributed by atoms with Gasteiger partial charge in [-0.2, -0.15) is 0 Å². The van der Waals surface area contributed by atoms with Gasteiger partial charge in [0, 0.05) is 0 Å². The van der Waals surface area contributed by atoms with Gasteiger partial charge in [-0.3, -0.25) is 0 Å². The van der Waals surface area contributed by atoms with Crippen LogP contribution in [0.1, 0.15) is 0 Å². The van der Waals surface area contributed by atoms with Gasteiger partial charge in [0.05, 0.1) is 0 Å². The van der Waals surface area contributed by atoms with Crippen LogP contribution in [0.3, 0.4) is 0 Å². The van der Waals surface area contributed by atoms with Crippen LogP contribution in [0.4, 0.5) is 0 Å². The topological polar surface area (TPSA) is 0 Å². The van der Waals surface area contributed by atoms with Gasteiger partial charge in [0.1, 0.15) is 0 Å². The predicted octanol–water partition coefficient (Wildman–Crippen LogP) is 5.10. The van der Waals surface area contributed by atoms with E-state index in [1.54, 1.807) is 0 Å². The van der Waals surface area contributed by atoms with E-state index in [0.29, 0.717) is 0 Å². The van der Waals surface area contributed by atoms with E-state index < -0.39 is 39.0 Å². The third-order valence-corrected chi connectivity index (χ3v) is 30.1. The predicted molar refractivity (Wildman–Crippen MR) is 174 cm³/mol. The first-order valence-corrected chi connectivity index (χ1v) is 26.2. The van der Waals surface area contributed by atoms with Crippen molar-refractivity contribution >= 4 is 68.5 Å². The molecule has 0 spiro atoms. The van der Waals surface area contributed by atoms with Crippen LogP contribution in [-0.4, -0.2) is 39.0 Å². The Kier molecular flexibility index (Phi) is 10.1. The van der Waals surface area contributed by atoms with Gasteiger partial charge in [-0.1, -0.05) is 0 Å². The maximum atomic E-state index is 7.33. The molecule has 0 saturated heterocycles. The molecule has 0 atom stereocenters. The summed E-state index contributed by atoms with van der Waals surface area (Å²) in [6.45, 7) is 0. The first-order valence-electron chi connectivity index (χ1n) is 13.1. The van der Waals surface area contributed by atoms with Crippen molar-refractivity contribution in [2.45, 2.75) is 0 Å². The fourth-order valence-electron chi connectivity index (χ4n) is 4.68. The molecule has 190 valence electrons. The maximum absolute atomic E-state index is 7.33. The Hall–Kier alpha value is -2.71. The summed E-state index contributed by atoms with van der Waals surface area (Å²) in [4.78, 5) is 0. The number of hydrogen-bond acceptors (Lipinski definition) is 0. The van der Waals surface area contributed by atoms with E-state index in [1.807, 2.05) is 18.2 Å². The Morgan fingerprint density at radius 2 is 0.513 bits per heavy atom. The molecule has 0 aliphatic rings. The number of halogens is 1. The Morgan fingerprint density at radius 1 is 0.308 bits per heavy atom. The van der Waals surface area contributed by atoms with Gasteiger partial charge >= 0.3 is 250 Å². The summed E-state index contributed by atoms with van der Waals surface area (Å²) in [5.74, 6) is 0. The van der Waals surface area contributed by atoms with Gasteiger partial charge in [0.15, 0.2) is 0 Å². The summed E-state index contributed by atoms with van der Waals surface area (Å²) < 4.78 is 8.49. The van der Waals surface area contributed by atoms with Crippen LogP contribution in [0.2, 0.25) is 0 Å². The molecule has 0 aliphatic heterocycles. The van der Waals surface area contributed by atoms with Crippen molar-refractivity contribution in [1.29, 1.82) is 0 Å².